The van der Waals surface area contributed by atoms with Crippen LogP contribution in [-0.4, -0.2) is 40.8 Å². The number of hydrogen-bond acceptors (Lipinski definition) is 4. The quantitative estimate of drug-likeness (QED) is 0.712. The molecule has 3 N–H and O–H groups in total. The van der Waals surface area contributed by atoms with Gasteiger partial charge in [0, 0.05) is 6.04 Å². The number of hydrogen-bond donors (Lipinski definition) is 3. The van der Waals surface area contributed by atoms with Crippen LogP contribution in [0, 0.1) is 0 Å². The molecule has 0 aromatic rings. The lowest BCUT2D eigenvalue weighted by Gasteiger charge is -2.22. The molecule has 7 heteroatoms. The van der Waals surface area contributed by atoms with Gasteiger partial charge in [0.15, 0.2) is 0 Å². The fourth-order valence-electron chi connectivity index (χ4n) is 2.19. The largest absolute Gasteiger partial charge is 0.480 e. The van der Waals surface area contributed by atoms with E-state index in [2.05, 4.69) is 10.6 Å². The molecule has 1 fully saturated rings. The fraction of sp³-hybridized carbons (Fsp3) is 0.786. The summed E-state index contributed by atoms with van der Waals surface area (Å²) in [6.45, 7) is 5.03. The minimum Gasteiger partial charge on any atom is -0.480 e. The van der Waals surface area contributed by atoms with Gasteiger partial charge in [-0.05, 0) is 33.6 Å². The Kier molecular flexibility index (Phi) is 5.99. The first-order chi connectivity index (χ1) is 9.67. The number of alkyl carbamates (subject to hydrolysis) is 1. The van der Waals surface area contributed by atoms with Crippen molar-refractivity contribution in [1.82, 2.24) is 10.6 Å². The van der Waals surface area contributed by atoms with Gasteiger partial charge in [-0.25, -0.2) is 9.59 Å². The summed E-state index contributed by atoms with van der Waals surface area (Å²) in [7, 11) is 0. The van der Waals surface area contributed by atoms with Crippen molar-refractivity contribution in [2.24, 2.45) is 0 Å². The molecule has 21 heavy (non-hydrogen) atoms. The summed E-state index contributed by atoms with van der Waals surface area (Å²) in [5, 5.41) is 14.1. The van der Waals surface area contributed by atoms with Crippen molar-refractivity contribution in [3.05, 3.63) is 0 Å². The van der Waals surface area contributed by atoms with Crippen LogP contribution >= 0.6 is 0 Å². The topological polar surface area (TPSA) is 105 Å². The van der Waals surface area contributed by atoms with E-state index >= 15 is 0 Å². The molecule has 0 aromatic carbocycles. The first-order valence-corrected chi connectivity index (χ1v) is 7.19. The molecule has 0 radical (unpaired) electrons. The Balaban J connectivity index is 2.47. The third kappa shape index (κ3) is 6.97. The van der Waals surface area contributed by atoms with Crippen LogP contribution < -0.4 is 10.6 Å². The maximum atomic E-state index is 11.8. The van der Waals surface area contributed by atoms with E-state index < -0.39 is 23.7 Å². The molecule has 0 heterocycles. The summed E-state index contributed by atoms with van der Waals surface area (Å²) >= 11 is 0. The highest BCUT2D eigenvalue weighted by atomic mass is 16.6. The maximum Gasteiger partial charge on any atom is 0.408 e. The average Bonchev–Trinajstić information content (AvgIpc) is 2.77. The minimum absolute atomic E-state index is 0.119. The van der Waals surface area contributed by atoms with Gasteiger partial charge < -0.3 is 20.5 Å². The van der Waals surface area contributed by atoms with Gasteiger partial charge in [0.1, 0.15) is 11.6 Å². The van der Waals surface area contributed by atoms with Gasteiger partial charge in [0.25, 0.3) is 0 Å². The number of nitrogens with one attached hydrogen (secondary N) is 2. The molecule has 1 aliphatic carbocycles. The number of carbonyl (C=O) groups excluding carboxylic acids is 2. The lowest BCUT2D eigenvalue weighted by molar-refractivity contribution is -0.141. The average molecular weight is 300 g/mol. The molecule has 0 spiro atoms. The van der Waals surface area contributed by atoms with E-state index in [1.165, 1.54) is 0 Å². The molecule has 0 aliphatic heterocycles. The Labute approximate surface area is 124 Å². The van der Waals surface area contributed by atoms with E-state index in [4.69, 9.17) is 9.84 Å². The summed E-state index contributed by atoms with van der Waals surface area (Å²) in [4.78, 5) is 34.5. The molecule has 0 aromatic heterocycles. The summed E-state index contributed by atoms with van der Waals surface area (Å²) in [5.74, 6) is -1.63. The molecule has 1 rings (SSSR count). The number of ether oxygens (including phenoxy) is 1. The van der Waals surface area contributed by atoms with Crippen molar-refractivity contribution in [1.29, 1.82) is 0 Å². The minimum atomic E-state index is -1.29. The first kappa shape index (κ1) is 17.3. The van der Waals surface area contributed by atoms with Gasteiger partial charge in [-0.1, -0.05) is 12.8 Å². The maximum absolute atomic E-state index is 11.8. The Morgan fingerprint density at radius 2 is 1.81 bits per heavy atom. The summed E-state index contributed by atoms with van der Waals surface area (Å²) in [6, 6.07) is -1.17. The zero-order valence-electron chi connectivity index (χ0n) is 12.8. The molecule has 0 bridgehead atoms. The van der Waals surface area contributed by atoms with Crippen LogP contribution in [0.4, 0.5) is 4.79 Å². The highest BCUT2D eigenvalue weighted by Crippen LogP contribution is 2.17. The molecule has 1 saturated carbocycles. The SMILES string of the molecule is CC(C)(C)OC(=O)N[C@@H](CC(=O)NC1CCCC1)C(=O)O. The summed E-state index contributed by atoms with van der Waals surface area (Å²) in [5.41, 5.74) is -0.723. The molecule has 2 amide bonds. The number of carboxylic acids is 1. The Bertz CT molecular complexity index is 397. The number of aliphatic carboxylic acids is 1. The standard InChI is InChI=1S/C14H24N2O5/c1-14(2,3)21-13(20)16-10(12(18)19)8-11(17)15-9-6-4-5-7-9/h9-10H,4-8H2,1-3H3,(H,15,17)(H,16,20)(H,18,19)/t10-/m0/s1. The summed E-state index contributed by atoms with van der Waals surface area (Å²) in [6.07, 6.45) is 2.84. The highest BCUT2D eigenvalue weighted by Gasteiger charge is 2.27. The molecular weight excluding hydrogens is 276 g/mol. The second kappa shape index (κ2) is 7.28. The van der Waals surface area contributed by atoms with Crippen LogP contribution in [0.25, 0.3) is 0 Å². The number of carbonyl (C=O) groups is 3. The van der Waals surface area contributed by atoms with Crippen LogP contribution in [0.15, 0.2) is 0 Å². The Hall–Kier alpha value is -1.79. The number of rotatable bonds is 5. The van der Waals surface area contributed by atoms with Crippen LogP contribution in [0.3, 0.4) is 0 Å². The normalized spacial score (nSPS) is 17.1. The molecule has 1 aliphatic rings. The molecule has 1 atom stereocenters. The van der Waals surface area contributed by atoms with Gasteiger partial charge in [0.05, 0.1) is 6.42 Å². The lowest BCUT2D eigenvalue weighted by atomic mass is 10.1. The van der Waals surface area contributed by atoms with Crippen molar-refractivity contribution in [2.75, 3.05) is 0 Å². The summed E-state index contributed by atoms with van der Waals surface area (Å²) < 4.78 is 4.99. The van der Waals surface area contributed by atoms with E-state index in [1.807, 2.05) is 0 Å². The van der Waals surface area contributed by atoms with E-state index in [-0.39, 0.29) is 18.4 Å². The molecule has 0 saturated heterocycles. The molecule has 120 valence electrons. The predicted molar refractivity (Wildman–Crippen MR) is 75.8 cm³/mol. The molecule has 7 nitrogen and oxygen atoms in total. The monoisotopic (exact) mass is 300 g/mol. The van der Waals surface area contributed by atoms with Crippen molar-refractivity contribution in [2.45, 2.75) is 70.6 Å². The zero-order chi connectivity index (χ0) is 16.0. The van der Waals surface area contributed by atoms with Gasteiger partial charge in [-0.15, -0.1) is 0 Å². The third-order valence-electron chi connectivity index (χ3n) is 3.10. The third-order valence-corrected chi connectivity index (χ3v) is 3.10. The van der Waals surface area contributed by atoms with E-state index in [9.17, 15) is 14.4 Å². The first-order valence-electron chi connectivity index (χ1n) is 7.19. The fourth-order valence-corrected chi connectivity index (χ4v) is 2.19. The van der Waals surface area contributed by atoms with Crippen LogP contribution in [0.5, 0.6) is 0 Å². The second-order valence-corrected chi connectivity index (χ2v) is 6.29. The number of amides is 2. The van der Waals surface area contributed by atoms with E-state index in [1.54, 1.807) is 20.8 Å². The van der Waals surface area contributed by atoms with Gasteiger partial charge in [0.2, 0.25) is 5.91 Å². The van der Waals surface area contributed by atoms with Crippen LogP contribution in [0.1, 0.15) is 52.9 Å². The van der Waals surface area contributed by atoms with E-state index in [0.717, 1.165) is 25.7 Å². The predicted octanol–water partition coefficient (Wildman–Crippen LogP) is 1.41. The Morgan fingerprint density at radius 1 is 1.24 bits per heavy atom. The van der Waals surface area contributed by atoms with Crippen molar-refractivity contribution in [3.8, 4) is 0 Å². The lowest BCUT2D eigenvalue weighted by Crippen LogP contribution is -2.46. The van der Waals surface area contributed by atoms with E-state index in [0.29, 0.717) is 0 Å². The number of carboxylic acid groups (broad SMARTS) is 1. The zero-order valence-corrected chi connectivity index (χ0v) is 12.8. The van der Waals surface area contributed by atoms with Crippen molar-refractivity contribution >= 4 is 18.0 Å². The van der Waals surface area contributed by atoms with Crippen LogP contribution in [0.2, 0.25) is 0 Å². The van der Waals surface area contributed by atoms with Crippen molar-refractivity contribution < 1.29 is 24.2 Å². The molecular formula is C14H24N2O5. The highest BCUT2D eigenvalue weighted by molar-refractivity contribution is 5.87. The smallest absolute Gasteiger partial charge is 0.408 e. The second-order valence-electron chi connectivity index (χ2n) is 6.29. The van der Waals surface area contributed by atoms with Crippen molar-refractivity contribution in [3.63, 3.8) is 0 Å². The Morgan fingerprint density at radius 3 is 2.29 bits per heavy atom. The molecule has 0 unspecified atom stereocenters. The van der Waals surface area contributed by atoms with Crippen LogP contribution in [-0.2, 0) is 14.3 Å². The van der Waals surface area contributed by atoms with Gasteiger partial charge in [-0.3, -0.25) is 4.79 Å². The van der Waals surface area contributed by atoms with Gasteiger partial charge >= 0.3 is 12.1 Å². The van der Waals surface area contributed by atoms with Gasteiger partial charge in [-0.2, -0.15) is 0 Å².